The lowest BCUT2D eigenvalue weighted by Gasteiger charge is -2.09. The van der Waals surface area contributed by atoms with E-state index in [9.17, 15) is 18.4 Å². The van der Waals surface area contributed by atoms with Crippen molar-refractivity contribution in [1.82, 2.24) is 5.32 Å². The highest BCUT2D eigenvalue weighted by atomic mass is 19.3. The van der Waals surface area contributed by atoms with E-state index in [2.05, 4.69) is 10.1 Å². The van der Waals surface area contributed by atoms with Crippen LogP contribution in [0.15, 0.2) is 24.3 Å². The molecule has 20 heavy (non-hydrogen) atoms. The number of hydrogen-bond acceptors (Lipinski definition) is 4. The van der Waals surface area contributed by atoms with Crippen molar-refractivity contribution in [3.63, 3.8) is 0 Å². The molecule has 1 rings (SSSR count). The van der Waals surface area contributed by atoms with Crippen molar-refractivity contribution in [1.29, 1.82) is 0 Å². The summed E-state index contributed by atoms with van der Waals surface area (Å²) in [4.78, 5) is 22.0. The van der Waals surface area contributed by atoms with Gasteiger partial charge in [0.25, 0.3) is 5.91 Å². The average Bonchev–Trinajstić information content (AvgIpc) is 2.37. The van der Waals surface area contributed by atoms with Gasteiger partial charge in [-0.3, -0.25) is 4.79 Å². The number of ether oxygens (including phenoxy) is 1. The highest BCUT2D eigenvalue weighted by Crippen LogP contribution is 2.15. The fourth-order valence-electron chi connectivity index (χ4n) is 1.36. The second kappa shape index (κ2) is 7.39. The zero-order valence-corrected chi connectivity index (χ0v) is 10.3. The normalized spacial score (nSPS) is 12.0. The zero-order chi connectivity index (χ0) is 15.1. The van der Waals surface area contributed by atoms with E-state index < -0.39 is 24.6 Å². The minimum absolute atomic E-state index is 0.0633. The zero-order valence-electron chi connectivity index (χ0n) is 10.3. The summed E-state index contributed by atoms with van der Waals surface area (Å²) in [5.74, 6) is -2.12. The number of carboxylic acids is 1. The van der Waals surface area contributed by atoms with Crippen LogP contribution in [0.5, 0.6) is 5.75 Å². The maximum Gasteiger partial charge on any atom is 0.387 e. The maximum atomic E-state index is 12.0. The SMILES string of the molecule is O=C(NCC[C@H](O)C(=O)O)c1cccc(OC(F)F)c1. The summed E-state index contributed by atoms with van der Waals surface area (Å²) < 4.78 is 28.2. The number of hydrogen-bond donors (Lipinski definition) is 3. The van der Waals surface area contributed by atoms with E-state index in [0.717, 1.165) is 6.07 Å². The summed E-state index contributed by atoms with van der Waals surface area (Å²) in [6.45, 7) is -3.05. The molecule has 0 aromatic heterocycles. The van der Waals surface area contributed by atoms with Crippen molar-refractivity contribution >= 4 is 11.9 Å². The Kier molecular flexibility index (Phi) is 5.85. The van der Waals surface area contributed by atoms with Crippen molar-refractivity contribution in [3.05, 3.63) is 29.8 Å². The van der Waals surface area contributed by atoms with Crippen LogP contribution in [-0.4, -0.2) is 41.3 Å². The lowest BCUT2D eigenvalue weighted by molar-refractivity contribution is -0.146. The van der Waals surface area contributed by atoms with E-state index in [-0.39, 0.29) is 24.3 Å². The Morgan fingerprint density at radius 1 is 1.35 bits per heavy atom. The average molecular weight is 289 g/mol. The van der Waals surface area contributed by atoms with E-state index in [1.807, 2.05) is 0 Å². The number of carbonyl (C=O) groups excluding carboxylic acids is 1. The number of carboxylic acid groups (broad SMARTS) is 1. The number of aliphatic hydroxyl groups excluding tert-OH is 1. The molecule has 6 nitrogen and oxygen atoms in total. The molecule has 0 saturated heterocycles. The lowest BCUT2D eigenvalue weighted by Crippen LogP contribution is -2.30. The van der Waals surface area contributed by atoms with Gasteiger partial charge in [0.2, 0.25) is 0 Å². The molecule has 0 fully saturated rings. The van der Waals surface area contributed by atoms with Crippen LogP contribution in [0.3, 0.4) is 0 Å². The second-order valence-corrected chi connectivity index (χ2v) is 3.80. The quantitative estimate of drug-likeness (QED) is 0.691. The van der Waals surface area contributed by atoms with Gasteiger partial charge in [-0.1, -0.05) is 6.07 Å². The topological polar surface area (TPSA) is 95.9 Å². The van der Waals surface area contributed by atoms with Crippen molar-refractivity contribution in [2.24, 2.45) is 0 Å². The van der Waals surface area contributed by atoms with E-state index >= 15 is 0 Å². The van der Waals surface area contributed by atoms with E-state index in [0.29, 0.717) is 0 Å². The highest BCUT2D eigenvalue weighted by Gasteiger charge is 2.14. The Labute approximate surface area is 113 Å². The van der Waals surface area contributed by atoms with Crippen LogP contribution in [0.2, 0.25) is 0 Å². The molecule has 0 heterocycles. The number of nitrogens with one attached hydrogen (secondary N) is 1. The van der Waals surface area contributed by atoms with Gasteiger partial charge in [-0.15, -0.1) is 0 Å². The summed E-state index contributed by atoms with van der Waals surface area (Å²) >= 11 is 0. The van der Waals surface area contributed by atoms with E-state index in [4.69, 9.17) is 10.2 Å². The van der Waals surface area contributed by atoms with E-state index in [1.165, 1.54) is 18.2 Å². The van der Waals surface area contributed by atoms with E-state index in [1.54, 1.807) is 0 Å². The first-order valence-corrected chi connectivity index (χ1v) is 5.64. The van der Waals surface area contributed by atoms with Crippen LogP contribution in [-0.2, 0) is 4.79 Å². The molecule has 0 spiro atoms. The van der Waals surface area contributed by atoms with Gasteiger partial charge in [0.15, 0.2) is 6.10 Å². The van der Waals surface area contributed by atoms with Gasteiger partial charge in [0, 0.05) is 18.5 Å². The molecule has 0 aliphatic rings. The van der Waals surface area contributed by atoms with Gasteiger partial charge in [-0.05, 0) is 18.2 Å². The maximum absolute atomic E-state index is 12.0. The Balaban J connectivity index is 2.53. The monoisotopic (exact) mass is 289 g/mol. The van der Waals surface area contributed by atoms with Crippen molar-refractivity contribution in [3.8, 4) is 5.75 Å². The Morgan fingerprint density at radius 3 is 2.65 bits per heavy atom. The standard InChI is InChI=1S/C12H13F2NO5/c13-12(14)20-8-3-1-2-7(6-8)10(17)15-5-4-9(16)11(18)19/h1-3,6,9,12,16H,4-5H2,(H,15,17)(H,18,19)/t9-/m0/s1. The van der Waals surface area contributed by atoms with Crippen LogP contribution in [0, 0.1) is 0 Å². The number of aliphatic carboxylic acids is 1. The number of amides is 1. The second-order valence-electron chi connectivity index (χ2n) is 3.80. The first-order chi connectivity index (χ1) is 9.40. The lowest BCUT2D eigenvalue weighted by atomic mass is 10.2. The Morgan fingerprint density at radius 2 is 2.05 bits per heavy atom. The van der Waals surface area contributed by atoms with Crippen LogP contribution >= 0.6 is 0 Å². The molecule has 1 aromatic rings. The van der Waals surface area contributed by atoms with Crippen molar-refractivity contribution in [2.75, 3.05) is 6.54 Å². The Hall–Kier alpha value is -2.22. The van der Waals surface area contributed by atoms with Gasteiger partial charge in [0.1, 0.15) is 5.75 Å². The van der Waals surface area contributed by atoms with Gasteiger partial charge in [-0.25, -0.2) is 4.79 Å². The Bertz CT molecular complexity index is 481. The van der Waals surface area contributed by atoms with Crippen molar-refractivity contribution in [2.45, 2.75) is 19.1 Å². The summed E-state index contributed by atoms with van der Waals surface area (Å²) in [6, 6.07) is 5.17. The molecular formula is C12H13F2NO5. The van der Waals surface area contributed by atoms with Crippen LogP contribution in [0.25, 0.3) is 0 Å². The number of alkyl halides is 2. The predicted octanol–water partition coefficient (Wildman–Crippen LogP) is 0.853. The number of rotatable bonds is 7. The third-order valence-corrected chi connectivity index (χ3v) is 2.31. The summed E-state index contributed by atoms with van der Waals surface area (Å²) in [7, 11) is 0. The number of halogens is 2. The largest absolute Gasteiger partial charge is 0.479 e. The highest BCUT2D eigenvalue weighted by molar-refractivity contribution is 5.94. The molecule has 0 aliphatic carbocycles. The third-order valence-electron chi connectivity index (χ3n) is 2.31. The summed E-state index contributed by atoms with van der Waals surface area (Å²) in [6.07, 6.45) is -1.72. The molecule has 1 amide bonds. The molecule has 0 unspecified atom stereocenters. The van der Waals surface area contributed by atoms with Crippen molar-refractivity contribution < 1.29 is 33.3 Å². The third kappa shape index (κ3) is 5.19. The predicted molar refractivity (Wildman–Crippen MR) is 63.7 cm³/mol. The van der Waals surface area contributed by atoms with Crippen LogP contribution < -0.4 is 10.1 Å². The number of carbonyl (C=O) groups is 2. The minimum atomic E-state index is -2.99. The first kappa shape index (κ1) is 15.8. The fraction of sp³-hybridized carbons (Fsp3) is 0.333. The van der Waals surface area contributed by atoms with Crippen LogP contribution in [0.4, 0.5) is 8.78 Å². The van der Waals surface area contributed by atoms with Gasteiger partial charge in [-0.2, -0.15) is 8.78 Å². The smallest absolute Gasteiger partial charge is 0.387 e. The summed E-state index contributed by atoms with van der Waals surface area (Å²) in [5, 5.41) is 19.8. The number of aliphatic hydroxyl groups is 1. The minimum Gasteiger partial charge on any atom is -0.479 e. The fourth-order valence-corrected chi connectivity index (χ4v) is 1.36. The molecule has 3 N–H and O–H groups in total. The molecule has 1 atom stereocenters. The van der Waals surface area contributed by atoms with Crippen LogP contribution in [0.1, 0.15) is 16.8 Å². The molecule has 1 aromatic carbocycles. The van der Waals surface area contributed by atoms with Gasteiger partial charge >= 0.3 is 12.6 Å². The molecule has 0 bridgehead atoms. The number of benzene rings is 1. The van der Waals surface area contributed by atoms with Gasteiger partial charge < -0.3 is 20.3 Å². The van der Waals surface area contributed by atoms with Gasteiger partial charge in [0.05, 0.1) is 0 Å². The molecule has 0 aliphatic heterocycles. The molecule has 0 radical (unpaired) electrons. The molecular weight excluding hydrogens is 276 g/mol. The summed E-state index contributed by atoms with van der Waals surface area (Å²) in [5.41, 5.74) is 0.0907. The first-order valence-electron chi connectivity index (χ1n) is 5.64. The molecule has 0 saturated carbocycles. The molecule has 110 valence electrons. The molecule has 8 heteroatoms.